The van der Waals surface area contributed by atoms with Crippen molar-refractivity contribution in [2.75, 3.05) is 0 Å². The zero-order valence-electron chi connectivity index (χ0n) is 29.1. The van der Waals surface area contributed by atoms with Gasteiger partial charge in [0.2, 0.25) is 5.95 Å². The minimum Gasteiger partial charge on any atom is -0.456 e. The van der Waals surface area contributed by atoms with E-state index in [1.165, 1.54) is 27.8 Å². The van der Waals surface area contributed by atoms with E-state index in [4.69, 9.17) is 14.4 Å². The molecule has 0 spiro atoms. The van der Waals surface area contributed by atoms with Crippen molar-refractivity contribution in [1.82, 2.24) is 14.5 Å². The second-order valence-corrected chi connectivity index (χ2v) is 14.2. The van der Waals surface area contributed by atoms with Crippen LogP contribution in [0, 0.1) is 0 Å². The van der Waals surface area contributed by atoms with Gasteiger partial charge < -0.3 is 4.42 Å². The number of nitrogens with zero attached hydrogens (tertiary/aromatic N) is 3. The Morgan fingerprint density at radius 2 is 1.19 bits per heavy atom. The molecular formula is C49H33N3O. The third-order valence-corrected chi connectivity index (χ3v) is 11.1. The molecule has 1 unspecified atom stereocenters. The van der Waals surface area contributed by atoms with Crippen LogP contribution in [-0.4, -0.2) is 14.5 Å². The molecule has 3 aromatic heterocycles. The number of benzene rings is 7. The molecule has 1 aliphatic rings. The second-order valence-electron chi connectivity index (χ2n) is 14.2. The summed E-state index contributed by atoms with van der Waals surface area (Å²) in [5.41, 5.74) is 15.6. The van der Waals surface area contributed by atoms with Crippen molar-refractivity contribution in [3.05, 3.63) is 175 Å². The lowest BCUT2D eigenvalue weighted by molar-refractivity contribution is 0.669. The fourth-order valence-electron chi connectivity index (χ4n) is 8.73. The van der Waals surface area contributed by atoms with Crippen LogP contribution >= 0.6 is 0 Å². The van der Waals surface area contributed by atoms with Gasteiger partial charge in [0.25, 0.3) is 0 Å². The standard InChI is InChI=1S/C49H33N3O/c1-30-28-41-38-24-12-23-36(33-17-11-16-32(29-33)35-22-13-27-44-45(35)40-21-8-10-26-43(40)53-44)47(38)52(48(41)37-19-6-5-18-34(30)37)49-50-42-25-9-7-20-39(42)46(51-49)31-14-3-2-4-15-31/h2-27,29-30H,28H2,1H3. The molecule has 1 aliphatic carbocycles. The molecular weight excluding hydrogens is 647 g/mol. The normalized spacial score (nSPS) is 13.9. The van der Waals surface area contributed by atoms with Crippen LogP contribution in [0.15, 0.2) is 168 Å². The van der Waals surface area contributed by atoms with Crippen molar-refractivity contribution in [1.29, 1.82) is 0 Å². The third-order valence-electron chi connectivity index (χ3n) is 11.1. The van der Waals surface area contributed by atoms with Gasteiger partial charge >= 0.3 is 0 Å². The van der Waals surface area contributed by atoms with Crippen LogP contribution in [0.25, 0.3) is 94.5 Å². The SMILES string of the molecule is CC1Cc2c(n(-c3nc(-c4ccccc4)c4ccccc4n3)c3c(-c4cccc(-c5cccc6oc7ccccc7c56)c4)cccc23)-c2ccccc21. The molecule has 0 bridgehead atoms. The average molecular weight is 680 g/mol. The predicted octanol–water partition coefficient (Wildman–Crippen LogP) is 12.8. The lowest BCUT2D eigenvalue weighted by atomic mass is 9.82. The first kappa shape index (κ1) is 29.9. The van der Waals surface area contributed by atoms with Gasteiger partial charge in [-0.25, -0.2) is 9.97 Å². The van der Waals surface area contributed by atoms with Gasteiger partial charge in [-0.15, -0.1) is 0 Å². The maximum absolute atomic E-state index is 6.29. The number of fused-ring (bicyclic) bond motifs is 9. The van der Waals surface area contributed by atoms with Gasteiger partial charge in [-0.2, -0.15) is 0 Å². The number of aromatic nitrogens is 3. The van der Waals surface area contributed by atoms with Crippen molar-refractivity contribution < 1.29 is 4.42 Å². The molecule has 0 aliphatic heterocycles. The summed E-state index contributed by atoms with van der Waals surface area (Å²) in [5, 5.41) is 4.55. The summed E-state index contributed by atoms with van der Waals surface area (Å²) in [6.45, 7) is 2.35. The van der Waals surface area contributed by atoms with Gasteiger partial charge in [-0.05, 0) is 64.4 Å². The molecule has 7 aromatic carbocycles. The molecule has 3 heterocycles. The zero-order valence-corrected chi connectivity index (χ0v) is 29.1. The first-order chi connectivity index (χ1) is 26.2. The molecule has 0 fully saturated rings. The van der Waals surface area contributed by atoms with Crippen molar-refractivity contribution in [3.63, 3.8) is 0 Å². The van der Waals surface area contributed by atoms with E-state index in [0.29, 0.717) is 11.9 Å². The van der Waals surface area contributed by atoms with Crippen molar-refractivity contribution in [2.45, 2.75) is 19.3 Å². The lowest BCUT2D eigenvalue weighted by Gasteiger charge is -2.24. The van der Waals surface area contributed by atoms with Crippen LogP contribution in [0.2, 0.25) is 0 Å². The highest BCUT2D eigenvalue weighted by atomic mass is 16.3. The quantitative estimate of drug-likeness (QED) is 0.186. The maximum Gasteiger partial charge on any atom is 0.235 e. The van der Waals surface area contributed by atoms with Gasteiger partial charge in [0.05, 0.1) is 22.4 Å². The Morgan fingerprint density at radius 1 is 0.547 bits per heavy atom. The molecule has 53 heavy (non-hydrogen) atoms. The Bertz CT molecular complexity index is 3060. The van der Waals surface area contributed by atoms with E-state index in [2.05, 4.69) is 163 Å². The summed E-state index contributed by atoms with van der Waals surface area (Å²) in [4.78, 5) is 10.8. The summed E-state index contributed by atoms with van der Waals surface area (Å²) >= 11 is 0. The monoisotopic (exact) mass is 679 g/mol. The second kappa shape index (κ2) is 11.6. The van der Waals surface area contributed by atoms with Crippen LogP contribution in [0.3, 0.4) is 0 Å². The number of hydrogen-bond acceptors (Lipinski definition) is 3. The number of hydrogen-bond donors (Lipinski definition) is 0. The van der Waals surface area contributed by atoms with E-state index in [9.17, 15) is 0 Å². The largest absolute Gasteiger partial charge is 0.456 e. The summed E-state index contributed by atoms with van der Waals surface area (Å²) < 4.78 is 8.65. The van der Waals surface area contributed by atoms with Gasteiger partial charge in [0.1, 0.15) is 11.2 Å². The molecule has 0 saturated carbocycles. The fraction of sp³-hybridized carbons (Fsp3) is 0.0612. The number of furan rings is 1. The van der Waals surface area contributed by atoms with E-state index in [1.807, 2.05) is 12.1 Å². The van der Waals surface area contributed by atoms with Crippen LogP contribution in [0.5, 0.6) is 0 Å². The van der Waals surface area contributed by atoms with Crippen molar-refractivity contribution in [2.24, 2.45) is 0 Å². The van der Waals surface area contributed by atoms with E-state index in [0.717, 1.165) is 78.3 Å². The molecule has 0 radical (unpaired) electrons. The Kier molecular flexibility index (Phi) is 6.56. The van der Waals surface area contributed by atoms with Crippen LogP contribution in [0.4, 0.5) is 0 Å². The fourth-order valence-corrected chi connectivity index (χ4v) is 8.73. The number of rotatable bonds is 4. The summed E-state index contributed by atoms with van der Waals surface area (Å²) in [5.74, 6) is 1.06. The van der Waals surface area contributed by atoms with Crippen LogP contribution in [-0.2, 0) is 6.42 Å². The molecule has 0 amide bonds. The molecule has 4 heteroatoms. The predicted molar refractivity (Wildman–Crippen MR) is 218 cm³/mol. The first-order valence-electron chi connectivity index (χ1n) is 18.3. The first-order valence-corrected chi connectivity index (χ1v) is 18.3. The number of para-hydroxylation sites is 3. The van der Waals surface area contributed by atoms with Crippen molar-refractivity contribution >= 4 is 43.7 Å². The van der Waals surface area contributed by atoms with Gasteiger partial charge in [0.15, 0.2) is 0 Å². The van der Waals surface area contributed by atoms with Crippen LogP contribution < -0.4 is 0 Å². The minimum absolute atomic E-state index is 0.382. The highest BCUT2D eigenvalue weighted by molar-refractivity contribution is 6.13. The Balaban J connectivity index is 1.22. The topological polar surface area (TPSA) is 43.9 Å². The van der Waals surface area contributed by atoms with Crippen LogP contribution in [0.1, 0.15) is 24.0 Å². The Morgan fingerprint density at radius 3 is 2.09 bits per heavy atom. The van der Waals surface area contributed by atoms with Crippen molar-refractivity contribution in [3.8, 4) is 50.7 Å². The average Bonchev–Trinajstić information content (AvgIpc) is 3.77. The summed E-state index contributed by atoms with van der Waals surface area (Å²) in [6, 6.07) is 58.1. The maximum atomic E-state index is 6.29. The van der Waals surface area contributed by atoms with Gasteiger partial charge in [-0.3, -0.25) is 4.57 Å². The molecule has 11 rings (SSSR count). The van der Waals surface area contributed by atoms with E-state index < -0.39 is 0 Å². The molecule has 10 aromatic rings. The van der Waals surface area contributed by atoms with E-state index >= 15 is 0 Å². The molecule has 1 atom stereocenters. The molecule has 0 saturated heterocycles. The molecule has 250 valence electrons. The zero-order chi connectivity index (χ0) is 35.0. The van der Waals surface area contributed by atoms with Gasteiger partial charge in [-0.1, -0.05) is 146 Å². The highest BCUT2D eigenvalue weighted by Gasteiger charge is 2.31. The third kappa shape index (κ3) is 4.55. The smallest absolute Gasteiger partial charge is 0.235 e. The van der Waals surface area contributed by atoms with E-state index in [1.54, 1.807) is 0 Å². The van der Waals surface area contributed by atoms with E-state index in [-0.39, 0.29) is 0 Å². The van der Waals surface area contributed by atoms with Gasteiger partial charge in [0, 0.05) is 38.2 Å². The lowest BCUT2D eigenvalue weighted by Crippen LogP contribution is -2.12. The highest BCUT2D eigenvalue weighted by Crippen LogP contribution is 2.48. The summed E-state index contributed by atoms with van der Waals surface area (Å²) in [7, 11) is 0. The summed E-state index contributed by atoms with van der Waals surface area (Å²) in [6.07, 6.45) is 0.939. The Labute approximate surface area is 306 Å². The Hall–Kier alpha value is -6.78. The minimum atomic E-state index is 0.382. The molecule has 4 nitrogen and oxygen atoms in total. The molecule has 0 N–H and O–H groups in total.